The molecule has 0 aromatic rings. The number of hydrogen-bond acceptors (Lipinski definition) is 4. The molecule has 0 saturated carbocycles. The molecule has 2 saturated heterocycles. The molecule has 4 heteroatoms. The molecule has 2 bridgehead atoms. The topological polar surface area (TPSA) is 44.8 Å². The minimum Gasteiger partial charge on any atom is -0.318 e. The van der Waals surface area contributed by atoms with Crippen LogP contribution in [0.25, 0.3) is 0 Å². The Balaban J connectivity index is 1.69. The van der Waals surface area contributed by atoms with Gasteiger partial charge in [-0.1, -0.05) is 32.1 Å². The summed E-state index contributed by atoms with van der Waals surface area (Å²) in [5, 5.41) is 0. The number of Topliss-reactive ketones (excluding diaryl/α,β-unsaturated/α-hetero) is 1. The zero-order valence-corrected chi connectivity index (χ0v) is 12.5. The standard InChI is InChI=1S/C16H28O4/c17-14-10-6-2-1-3-8-12-15-18-16(20-19-15)13-9-5-4-7-11-14/h15-16H,1-13H2/t15-,16+/m0/s1. The fraction of sp³-hybridized carbons (Fsp3) is 0.938. The first-order valence-corrected chi connectivity index (χ1v) is 8.34. The van der Waals surface area contributed by atoms with Crippen LogP contribution < -0.4 is 0 Å². The largest absolute Gasteiger partial charge is 0.318 e. The van der Waals surface area contributed by atoms with Crippen LogP contribution in [0.4, 0.5) is 0 Å². The molecule has 2 rings (SSSR count). The Kier molecular flexibility index (Phi) is 7.55. The number of ether oxygens (including phenoxy) is 1. The van der Waals surface area contributed by atoms with Crippen molar-refractivity contribution in [1.29, 1.82) is 0 Å². The predicted molar refractivity (Wildman–Crippen MR) is 75.9 cm³/mol. The molecule has 2 aliphatic rings. The zero-order valence-electron chi connectivity index (χ0n) is 12.5. The van der Waals surface area contributed by atoms with Gasteiger partial charge in [-0.3, -0.25) is 4.79 Å². The summed E-state index contributed by atoms with van der Waals surface area (Å²) in [6.45, 7) is 0. The van der Waals surface area contributed by atoms with Crippen LogP contribution in [0.1, 0.15) is 83.5 Å². The second kappa shape index (κ2) is 9.48. The summed E-state index contributed by atoms with van der Waals surface area (Å²) in [5.41, 5.74) is 0. The summed E-state index contributed by atoms with van der Waals surface area (Å²) in [6.07, 6.45) is 13.1. The number of carbonyl (C=O) groups is 1. The molecule has 0 aromatic heterocycles. The Hall–Kier alpha value is -0.450. The van der Waals surface area contributed by atoms with Gasteiger partial charge in [0.2, 0.25) is 0 Å². The van der Waals surface area contributed by atoms with E-state index in [0.717, 1.165) is 70.6 Å². The number of fused-ring (bicyclic) bond motifs is 2. The van der Waals surface area contributed by atoms with E-state index in [1.807, 2.05) is 0 Å². The lowest BCUT2D eigenvalue weighted by molar-refractivity contribution is -0.298. The monoisotopic (exact) mass is 284 g/mol. The van der Waals surface area contributed by atoms with Crippen LogP contribution in [0, 0.1) is 0 Å². The zero-order chi connectivity index (χ0) is 14.0. The summed E-state index contributed by atoms with van der Waals surface area (Å²) in [5.74, 6) is 0.452. The Morgan fingerprint density at radius 1 is 0.650 bits per heavy atom. The van der Waals surface area contributed by atoms with Crippen LogP contribution in [0.15, 0.2) is 0 Å². The van der Waals surface area contributed by atoms with E-state index in [1.165, 1.54) is 12.8 Å². The van der Waals surface area contributed by atoms with E-state index in [2.05, 4.69) is 0 Å². The highest BCUT2D eigenvalue weighted by atomic mass is 17.3. The summed E-state index contributed by atoms with van der Waals surface area (Å²) < 4.78 is 5.71. The van der Waals surface area contributed by atoms with Crippen LogP contribution in [-0.4, -0.2) is 18.4 Å². The van der Waals surface area contributed by atoms with E-state index in [4.69, 9.17) is 14.5 Å². The fourth-order valence-electron chi connectivity index (χ4n) is 2.85. The van der Waals surface area contributed by atoms with E-state index in [0.29, 0.717) is 5.78 Å². The van der Waals surface area contributed by atoms with Crippen molar-refractivity contribution < 1.29 is 19.3 Å². The highest BCUT2D eigenvalue weighted by molar-refractivity contribution is 5.78. The predicted octanol–water partition coefficient (Wildman–Crippen LogP) is 4.27. The molecule has 0 radical (unpaired) electrons. The summed E-state index contributed by atoms with van der Waals surface area (Å²) in [4.78, 5) is 22.1. The van der Waals surface area contributed by atoms with Gasteiger partial charge in [-0.25, -0.2) is 9.78 Å². The van der Waals surface area contributed by atoms with Crippen LogP contribution in [0.3, 0.4) is 0 Å². The van der Waals surface area contributed by atoms with Gasteiger partial charge < -0.3 is 4.74 Å². The van der Waals surface area contributed by atoms with Crippen molar-refractivity contribution in [3.63, 3.8) is 0 Å². The highest BCUT2D eigenvalue weighted by Gasteiger charge is 2.26. The van der Waals surface area contributed by atoms with E-state index in [9.17, 15) is 4.79 Å². The van der Waals surface area contributed by atoms with Crippen LogP contribution in [0.5, 0.6) is 0 Å². The fourth-order valence-corrected chi connectivity index (χ4v) is 2.85. The molecule has 0 spiro atoms. The average molecular weight is 284 g/mol. The number of carbonyl (C=O) groups excluding carboxylic acids is 1. The third-order valence-corrected chi connectivity index (χ3v) is 4.11. The molecule has 0 N–H and O–H groups in total. The number of rotatable bonds is 0. The molecule has 0 amide bonds. The summed E-state index contributed by atoms with van der Waals surface area (Å²) >= 11 is 0. The van der Waals surface area contributed by atoms with Crippen molar-refractivity contribution in [1.82, 2.24) is 0 Å². The minimum atomic E-state index is -0.183. The molecule has 4 nitrogen and oxygen atoms in total. The van der Waals surface area contributed by atoms with Crippen LogP contribution >= 0.6 is 0 Å². The second-order valence-corrected chi connectivity index (χ2v) is 5.99. The van der Waals surface area contributed by atoms with Crippen molar-refractivity contribution in [3.05, 3.63) is 0 Å². The minimum absolute atomic E-state index is 0.169. The Labute approximate surface area is 122 Å². The molecule has 20 heavy (non-hydrogen) atoms. The van der Waals surface area contributed by atoms with Gasteiger partial charge in [-0.15, -0.1) is 0 Å². The Morgan fingerprint density at radius 3 is 1.65 bits per heavy atom. The van der Waals surface area contributed by atoms with Gasteiger partial charge in [-0.05, 0) is 25.7 Å². The second-order valence-electron chi connectivity index (χ2n) is 5.99. The van der Waals surface area contributed by atoms with Gasteiger partial charge in [0, 0.05) is 25.7 Å². The molecule has 116 valence electrons. The third kappa shape index (κ3) is 6.33. The van der Waals surface area contributed by atoms with E-state index in [1.54, 1.807) is 0 Å². The number of hydrogen-bond donors (Lipinski definition) is 0. The first kappa shape index (κ1) is 15.9. The Bertz CT molecular complexity index is 280. The van der Waals surface area contributed by atoms with Gasteiger partial charge in [0.15, 0.2) is 12.6 Å². The summed E-state index contributed by atoms with van der Waals surface area (Å²) in [6, 6.07) is 0. The van der Waals surface area contributed by atoms with E-state index in [-0.39, 0.29) is 12.6 Å². The molecule has 2 atom stereocenters. The highest BCUT2D eigenvalue weighted by Crippen LogP contribution is 2.23. The first-order valence-electron chi connectivity index (χ1n) is 8.34. The molecule has 2 heterocycles. The maximum atomic E-state index is 11.7. The quantitative estimate of drug-likeness (QED) is 0.623. The van der Waals surface area contributed by atoms with E-state index >= 15 is 0 Å². The first-order chi connectivity index (χ1) is 9.84. The van der Waals surface area contributed by atoms with E-state index < -0.39 is 0 Å². The normalized spacial score (nSPS) is 31.9. The smallest absolute Gasteiger partial charge is 0.194 e. The molecule has 0 unspecified atom stereocenters. The average Bonchev–Trinajstić information content (AvgIpc) is 2.89. The SMILES string of the molecule is O=C1CCCCCCC[C@@H]2OO[C@H](CCCCCC1)O2. The maximum Gasteiger partial charge on any atom is 0.194 e. The van der Waals surface area contributed by atoms with Gasteiger partial charge in [0.25, 0.3) is 0 Å². The summed E-state index contributed by atoms with van der Waals surface area (Å²) in [7, 11) is 0. The lowest BCUT2D eigenvalue weighted by Crippen LogP contribution is -2.11. The molecule has 0 aromatic carbocycles. The van der Waals surface area contributed by atoms with Crippen molar-refractivity contribution in [2.75, 3.05) is 0 Å². The molecular formula is C16H28O4. The van der Waals surface area contributed by atoms with Gasteiger partial charge >= 0.3 is 0 Å². The molecular weight excluding hydrogens is 256 g/mol. The lowest BCUT2D eigenvalue weighted by atomic mass is 10.0. The number of ketones is 1. The Morgan fingerprint density at radius 2 is 1.10 bits per heavy atom. The van der Waals surface area contributed by atoms with Gasteiger partial charge in [-0.2, -0.15) is 0 Å². The van der Waals surface area contributed by atoms with Crippen LogP contribution in [0.2, 0.25) is 0 Å². The lowest BCUT2D eigenvalue weighted by Gasteiger charge is -2.08. The van der Waals surface area contributed by atoms with Gasteiger partial charge in [0.1, 0.15) is 5.78 Å². The molecule has 2 fully saturated rings. The van der Waals surface area contributed by atoms with Crippen molar-refractivity contribution >= 4 is 5.78 Å². The molecule has 0 aliphatic carbocycles. The molecule has 2 aliphatic heterocycles. The van der Waals surface area contributed by atoms with Crippen LogP contribution in [-0.2, 0) is 19.3 Å². The maximum absolute atomic E-state index is 11.7. The van der Waals surface area contributed by atoms with Gasteiger partial charge in [0.05, 0.1) is 0 Å². The van der Waals surface area contributed by atoms with Crippen molar-refractivity contribution in [3.8, 4) is 0 Å². The van der Waals surface area contributed by atoms with Crippen molar-refractivity contribution in [2.24, 2.45) is 0 Å². The third-order valence-electron chi connectivity index (χ3n) is 4.11. The van der Waals surface area contributed by atoms with Crippen molar-refractivity contribution in [2.45, 2.75) is 96.1 Å².